The van der Waals surface area contributed by atoms with E-state index in [4.69, 9.17) is 19.8 Å². The summed E-state index contributed by atoms with van der Waals surface area (Å²) < 4.78 is 104. The maximum absolute atomic E-state index is 13.1. The number of hydrogen-bond donors (Lipinski definition) is 3. The molecule has 2 saturated heterocycles. The zero-order chi connectivity index (χ0) is 30.6. The maximum atomic E-state index is 13.1. The molecule has 2 aromatic rings. The lowest BCUT2D eigenvalue weighted by Crippen LogP contribution is -2.45. The van der Waals surface area contributed by atoms with Gasteiger partial charge in [-0.2, -0.15) is 44.6 Å². The highest BCUT2D eigenvalue weighted by Gasteiger charge is 2.47. The molecule has 3 N–H and O–H groups in total. The normalized spacial score (nSPS) is 17.9. The fourth-order valence-corrected chi connectivity index (χ4v) is 3.79. The Hall–Kier alpha value is -3.64. The average Bonchev–Trinajstić information content (AvgIpc) is 3.39. The number of aryl methyl sites for hydroxylation is 1. The van der Waals surface area contributed by atoms with Crippen LogP contribution < -0.4 is 5.32 Å². The number of hydrogen-bond acceptors (Lipinski definition) is 6. The second kappa shape index (κ2) is 12.3. The van der Waals surface area contributed by atoms with Gasteiger partial charge in [0.1, 0.15) is 12.6 Å². The maximum Gasteiger partial charge on any atom is 0.490 e. The van der Waals surface area contributed by atoms with E-state index >= 15 is 0 Å². The molecular formula is C21H22F9N5O5. The average molecular weight is 595 g/mol. The Bertz CT molecular complexity index is 1200. The molecule has 2 fully saturated rings. The van der Waals surface area contributed by atoms with E-state index in [2.05, 4.69) is 15.4 Å². The summed E-state index contributed by atoms with van der Waals surface area (Å²) >= 11 is 0. The molecule has 0 aliphatic carbocycles. The number of nitrogens with zero attached hydrogens (tertiary/aromatic N) is 4. The third-order valence-corrected chi connectivity index (χ3v) is 5.76. The molecular weight excluding hydrogens is 573 g/mol. The number of alkyl halides is 9. The summed E-state index contributed by atoms with van der Waals surface area (Å²) in [4.78, 5) is 35.7. The van der Waals surface area contributed by atoms with Crippen molar-refractivity contribution >= 4 is 28.9 Å². The van der Waals surface area contributed by atoms with Gasteiger partial charge in [0, 0.05) is 37.1 Å². The minimum atomic E-state index is -5.08. The molecule has 0 radical (unpaired) electrons. The number of halogens is 9. The lowest BCUT2D eigenvalue weighted by Gasteiger charge is -2.26. The molecule has 0 bridgehead atoms. The molecule has 1 atom stereocenters. The molecule has 4 rings (SSSR count). The van der Waals surface area contributed by atoms with Crippen LogP contribution in [0.3, 0.4) is 0 Å². The molecule has 1 amide bonds. The molecule has 19 heteroatoms. The fraction of sp³-hybridized carbons (Fsp3) is 0.571. The van der Waals surface area contributed by atoms with E-state index in [9.17, 15) is 44.3 Å². The van der Waals surface area contributed by atoms with Crippen molar-refractivity contribution in [2.45, 2.75) is 56.8 Å². The molecule has 0 spiro atoms. The van der Waals surface area contributed by atoms with Crippen LogP contribution in [0.2, 0.25) is 0 Å². The molecule has 0 aromatic carbocycles. The first-order chi connectivity index (χ1) is 18.2. The summed E-state index contributed by atoms with van der Waals surface area (Å²) in [6.45, 7) is 3.47. The zero-order valence-corrected chi connectivity index (χ0v) is 20.4. The van der Waals surface area contributed by atoms with Gasteiger partial charge in [-0.05, 0) is 31.4 Å². The van der Waals surface area contributed by atoms with Gasteiger partial charge in [0.25, 0.3) is 0 Å². The molecule has 224 valence electrons. The molecule has 2 aromatic heterocycles. The monoisotopic (exact) mass is 595 g/mol. The second-order valence-corrected chi connectivity index (χ2v) is 8.62. The Balaban J connectivity index is 0.000000333. The topological polar surface area (TPSA) is 138 Å². The zero-order valence-electron chi connectivity index (χ0n) is 20.4. The van der Waals surface area contributed by atoms with Crippen molar-refractivity contribution in [1.29, 1.82) is 0 Å². The van der Waals surface area contributed by atoms with E-state index in [0.717, 1.165) is 34.6 Å². The Labute approximate surface area is 218 Å². The number of aromatic nitrogens is 3. The number of pyridine rings is 1. The van der Waals surface area contributed by atoms with Crippen LogP contribution in [0, 0.1) is 6.92 Å². The smallest absolute Gasteiger partial charge is 0.475 e. The van der Waals surface area contributed by atoms with Crippen molar-refractivity contribution in [2.75, 3.05) is 19.6 Å². The van der Waals surface area contributed by atoms with Crippen molar-refractivity contribution in [3.8, 4) is 0 Å². The van der Waals surface area contributed by atoms with Gasteiger partial charge in [0.05, 0.1) is 5.69 Å². The van der Waals surface area contributed by atoms with Crippen molar-refractivity contribution < 1.29 is 64.1 Å². The highest BCUT2D eigenvalue weighted by atomic mass is 19.4. The number of carbonyl (C=O) groups is 3. The van der Waals surface area contributed by atoms with Crippen LogP contribution in [0.1, 0.15) is 30.0 Å². The molecule has 2 aliphatic rings. The number of fused-ring (bicyclic) bond motifs is 1. The number of carbonyl (C=O) groups excluding carboxylic acids is 1. The van der Waals surface area contributed by atoms with Crippen LogP contribution in [0.4, 0.5) is 39.5 Å². The number of aliphatic carboxylic acids is 2. The number of likely N-dealkylation sites (tertiary alicyclic amines) is 1. The first kappa shape index (κ1) is 32.6. The largest absolute Gasteiger partial charge is 0.490 e. The van der Waals surface area contributed by atoms with E-state index < -0.39 is 42.4 Å². The minimum absolute atomic E-state index is 0.0363. The summed E-state index contributed by atoms with van der Waals surface area (Å²) in [5.74, 6) is -5.83. The molecule has 0 saturated carbocycles. The summed E-state index contributed by atoms with van der Waals surface area (Å²) in [6, 6.07) is 0.188. The molecule has 2 aliphatic heterocycles. The lowest BCUT2D eigenvalue weighted by atomic mass is 9.96. The van der Waals surface area contributed by atoms with Crippen LogP contribution in [-0.2, 0) is 20.9 Å². The van der Waals surface area contributed by atoms with Crippen molar-refractivity contribution in [3.05, 3.63) is 23.5 Å². The first-order valence-electron chi connectivity index (χ1n) is 11.2. The molecule has 10 nitrogen and oxygen atoms in total. The quantitative estimate of drug-likeness (QED) is 0.460. The van der Waals surface area contributed by atoms with Crippen LogP contribution in [0.25, 0.3) is 11.0 Å². The van der Waals surface area contributed by atoms with Gasteiger partial charge in [-0.3, -0.25) is 4.79 Å². The van der Waals surface area contributed by atoms with Gasteiger partial charge in [-0.15, -0.1) is 0 Å². The van der Waals surface area contributed by atoms with E-state index in [-0.39, 0.29) is 25.4 Å². The Kier molecular flexibility index (Phi) is 9.98. The first-order valence-corrected chi connectivity index (χ1v) is 11.2. The number of carboxylic acid groups (broad SMARTS) is 2. The van der Waals surface area contributed by atoms with Crippen molar-refractivity contribution in [2.24, 2.45) is 0 Å². The van der Waals surface area contributed by atoms with Gasteiger partial charge in [-0.25, -0.2) is 19.3 Å². The Morgan fingerprint density at radius 3 is 1.95 bits per heavy atom. The molecule has 0 unspecified atom stereocenters. The van der Waals surface area contributed by atoms with Gasteiger partial charge in [0.15, 0.2) is 5.65 Å². The summed E-state index contributed by atoms with van der Waals surface area (Å²) in [6.07, 6.45) is -12.6. The second-order valence-electron chi connectivity index (χ2n) is 8.62. The third kappa shape index (κ3) is 8.18. The number of rotatable bonds is 3. The highest BCUT2D eigenvalue weighted by Crippen LogP contribution is 2.33. The summed E-state index contributed by atoms with van der Waals surface area (Å²) in [5.41, 5.74) is 2.43. The SMILES string of the molecule is Cc1ccnc2c1c(C1CNC1)nn2CC(=O)N1CCC[C@H]1C(F)(F)F.O=C(O)C(F)(F)F.O=C(O)C(F)(F)F. The number of carboxylic acids is 2. The van der Waals surface area contributed by atoms with Crippen LogP contribution in [0.15, 0.2) is 12.3 Å². The summed E-state index contributed by atoms with van der Waals surface area (Å²) in [7, 11) is 0. The van der Waals surface area contributed by atoms with Crippen molar-refractivity contribution in [3.63, 3.8) is 0 Å². The minimum Gasteiger partial charge on any atom is -0.475 e. The number of nitrogens with one attached hydrogen (secondary N) is 1. The summed E-state index contributed by atoms with van der Waals surface area (Å²) in [5, 5.41) is 22.9. The van der Waals surface area contributed by atoms with Crippen molar-refractivity contribution in [1.82, 2.24) is 25.0 Å². The Morgan fingerprint density at radius 1 is 1.00 bits per heavy atom. The fourth-order valence-electron chi connectivity index (χ4n) is 3.79. The predicted octanol–water partition coefficient (Wildman–Crippen LogP) is 3.25. The van der Waals surface area contributed by atoms with Gasteiger partial charge < -0.3 is 20.4 Å². The van der Waals surface area contributed by atoms with E-state index in [1.165, 1.54) is 4.68 Å². The van der Waals surface area contributed by atoms with E-state index in [0.29, 0.717) is 12.1 Å². The molecule has 4 heterocycles. The number of amides is 1. The van der Waals surface area contributed by atoms with Gasteiger partial charge in [-0.1, -0.05) is 0 Å². The van der Waals surface area contributed by atoms with Gasteiger partial charge >= 0.3 is 30.5 Å². The third-order valence-electron chi connectivity index (χ3n) is 5.76. The van der Waals surface area contributed by atoms with E-state index in [1.807, 2.05) is 13.0 Å². The Morgan fingerprint density at radius 2 is 1.52 bits per heavy atom. The predicted molar refractivity (Wildman–Crippen MR) is 116 cm³/mol. The highest BCUT2D eigenvalue weighted by molar-refractivity contribution is 5.85. The lowest BCUT2D eigenvalue weighted by molar-refractivity contribution is -0.193. The molecule has 40 heavy (non-hydrogen) atoms. The van der Waals surface area contributed by atoms with Crippen LogP contribution >= 0.6 is 0 Å². The van der Waals surface area contributed by atoms with E-state index in [1.54, 1.807) is 6.20 Å². The standard InChI is InChI=1S/C17H20F3N5O.2C2HF3O2/c1-10-4-5-22-16-14(10)15(11-7-21-8-11)23-25(16)9-13(26)24-6-2-3-12(24)17(18,19)20;2*3-2(4,5)1(6)7/h4-5,11-12,21H,2-3,6-9H2,1H3;2*(H,6,7)/t12-;;/m0../s1. The van der Waals surface area contributed by atoms with Gasteiger partial charge in [0.2, 0.25) is 5.91 Å². The van der Waals surface area contributed by atoms with Crippen LogP contribution in [0.5, 0.6) is 0 Å². The van der Waals surface area contributed by atoms with Crippen LogP contribution in [-0.4, -0.2) is 91.9 Å².